The van der Waals surface area contributed by atoms with Crippen molar-refractivity contribution >= 4 is 23.1 Å². The second kappa shape index (κ2) is 6.28. The Morgan fingerprint density at radius 2 is 2.29 bits per heavy atom. The van der Waals surface area contributed by atoms with Crippen LogP contribution >= 0.6 is 12.2 Å². The zero-order chi connectivity index (χ0) is 12.9. The molecule has 1 saturated heterocycles. The molecule has 2 unspecified atom stereocenters. The molecule has 1 fully saturated rings. The zero-order valence-corrected chi connectivity index (χ0v) is 11.1. The average molecular weight is 260 g/mol. The van der Waals surface area contributed by atoms with Crippen LogP contribution in [0.1, 0.15) is 20.3 Å². The van der Waals surface area contributed by atoms with Crippen molar-refractivity contribution in [1.29, 1.82) is 0 Å². The van der Waals surface area contributed by atoms with E-state index in [1.165, 1.54) is 0 Å². The van der Waals surface area contributed by atoms with Crippen molar-refractivity contribution in [3.63, 3.8) is 0 Å². The van der Waals surface area contributed by atoms with Crippen molar-refractivity contribution in [1.82, 2.24) is 5.32 Å². The van der Waals surface area contributed by atoms with Gasteiger partial charge in [-0.1, -0.05) is 19.1 Å². The first kappa shape index (κ1) is 14.3. The third-order valence-corrected chi connectivity index (χ3v) is 3.58. The standard InChI is InChI=1S/C11H20N2O3S/c1-3-11(2,9(12)17)10(14)13-6-8-7-15-4-5-16-8/h8H,3-7H2,1-2H3,(H2,12,17)(H,13,14). The predicted molar refractivity (Wildman–Crippen MR) is 68.8 cm³/mol. The molecule has 0 spiro atoms. The van der Waals surface area contributed by atoms with Crippen molar-refractivity contribution in [3.8, 4) is 0 Å². The van der Waals surface area contributed by atoms with Gasteiger partial charge < -0.3 is 20.5 Å². The molecule has 1 heterocycles. The summed E-state index contributed by atoms with van der Waals surface area (Å²) in [6, 6.07) is 0. The van der Waals surface area contributed by atoms with E-state index in [0.717, 1.165) is 0 Å². The molecule has 0 saturated carbocycles. The van der Waals surface area contributed by atoms with Crippen molar-refractivity contribution in [2.24, 2.45) is 11.1 Å². The fourth-order valence-corrected chi connectivity index (χ4v) is 1.74. The van der Waals surface area contributed by atoms with Gasteiger partial charge in [-0.2, -0.15) is 0 Å². The highest BCUT2D eigenvalue weighted by Crippen LogP contribution is 2.21. The molecule has 17 heavy (non-hydrogen) atoms. The first-order valence-corrected chi connectivity index (χ1v) is 6.19. The molecule has 1 aliphatic rings. The molecule has 1 amide bonds. The fraction of sp³-hybridized carbons (Fsp3) is 0.818. The zero-order valence-electron chi connectivity index (χ0n) is 10.3. The largest absolute Gasteiger partial charge is 0.392 e. The molecule has 1 rings (SSSR count). The minimum absolute atomic E-state index is 0.0832. The van der Waals surface area contributed by atoms with Crippen molar-refractivity contribution in [2.75, 3.05) is 26.4 Å². The number of hydrogen-bond acceptors (Lipinski definition) is 4. The van der Waals surface area contributed by atoms with E-state index in [9.17, 15) is 4.79 Å². The number of thiocarbonyl (C=S) groups is 1. The van der Waals surface area contributed by atoms with Gasteiger partial charge in [0.15, 0.2) is 0 Å². The van der Waals surface area contributed by atoms with E-state index in [-0.39, 0.29) is 17.0 Å². The first-order valence-electron chi connectivity index (χ1n) is 5.78. The van der Waals surface area contributed by atoms with Crippen LogP contribution in [-0.2, 0) is 14.3 Å². The summed E-state index contributed by atoms with van der Waals surface area (Å²) in [5.74, 6) is -0.151. The molecule has 0 aliphatic carbocycles. The maximum absolute atomic E-state index is 12.0. The molecule has 1 aliphatic heterocycles. The minimum Gasteiger partial charge on any atom is -0.392 e. The smallest absolute Gasteiger partial charge is 0.232 e. The Labute approximate surface area is 107 Å². The quantitative estimate of drug-likeness (QED) is 0.692. The Bertz CT molecular complexity index is 292. The first-order chi connectivity index (χ1) is 8.00. The lowest BCUT2D eigenvalue weighted by atomic mass is 9.86. The molecule has 0 radical (unpaired) electrons. The Kier molecular flexibility index (Phi) is 5.30. The Balaban J connectivity index is 2.44. The number of ether oxygens (including phenoxy) is 2. The summed E-state index contributed by atoms with van der Waals surface area (Å²) >= 11 is 4.94. The number of carbonyl (C=O) groups is 1. The number of carbonyl (C=O) groups excluding carboxylic acids is 1. The van der Waals surface area contributed by atoms with Gasteiger partial charge in [-0.3, -0.25) is 4.79 Å². The normalized spacial score (nSPS) is 23.8. The topological polar surface area (TPSA) is 73.6 Å². The average Bonchev–Trinajstić information content (AvgIpc) is 2.35. The number of rotatable bonds is 5. The van der Waals surface area contributed by atoms with E-state index in [1.807, 2.05) is 6.92 Å². The third-order valence-electron chi connectivity index (χ3n) is 3.13. The van der Waals surface area contributed by atoms with Gasteiger partial charge >= 0.3 is 0 Å². The number of nitrogens with two attached hydrogens (primary N) is 1. The molecule has 0 bridgehead atoms. The molecule has 98 valence electrons. The second-order valence-electron chi connectivity index (χ2n) is 4.33. The van der Waals surface area contributed by atoms with Gasteiger partial charge in [0.1, 0.15) is 0 Å². The van der Waals surface area contributed by atoms with Crippen LogP contribution in [-0.4, -0.2) is 43.4 Å². The lowest BCUT2D eigenvalue weighted by Crippen LogP contribution is -2.49. The van der Waals surface area contributed by atoms with Gasteiger partial charge in [-0.05, 0) is 13.3 Å². The summed E-state index contributed by atoms with van der Waals surface area (Å²) in [5.41, 5.74) is 4.82. The van der Waals surface area contributed by atoms with Crippen LogP contribution in [0.25, 0.3) is 0 Å². The van der Waals surface area contributed by atoms with Gasteiger partial charge in [0.2, 0.25) is 5.91 Å². The van der Waals surface area contributed by atoms with Crippen LogP contribution in [0, 0.1) is 5.41 Å². The van der Waals surface area contributed by atoms with E-state index in [4.69, 9.17) is 27.4 Å². The summed E-state index contributed by atoms with van der Waals surface area (Å²) in [6.45, 7) is 5.76. The third kappa shape index (κ3) is 3.62. The lowest BCUT2D eigenvalue weighted by Gasteiger charge is -2.28. The summed E-state index contributed by atoms with van der Waals surface area (Å²) in [4.78, 5) is 12.2. The molecular weight excluding hydrogens is 240 g/mol. The van der Waals surface area contributed by atoms with Gasteiger partial charge in [0, 0.05) is 6.54 Å². The SMILES string of the molecule is CCC(C)(C(=O)NCC1COCCO1)C(N)=S. The van der Waals surface area contributed by atoms with Crippen molar-refractivity contribution in [3.05, 3.63) is 0 Å². The molecule has 0 aromatic carbocycles. The van der Waals surface area contributed by atoms with Crippen LogP contribution in [0.4, 0.5) is 0 Å². The van der Waals surface area contributed by atoms with E-state index in [0.29, 0.717) is 32.8 Å². The number of hydrogen-bond donors (Lipinski definition) is 2. The fourth-order valence-electron chi connectivity index (χ4n) is 1.50. The molecule has 6 heteroatoms. The molecule has 0 aromatic heterocycles. The highest BCUT2D eigenvalue weighted by Gasteiger charge is 2.34. The maximum atomic E-state index is 12.0. The molecule has 0 aromatic rings. The van der Waals surface area contributed by atoms with Crippen LogP contribution in [0.3, 0.4) is 0 Å². The summed E-state index contributed by atoms with van der Waals surface area (Å²) in [7, 11) is 0. The van der Waals surface area contributed by atoms with Crippen molar-refractivity contribution in [2.45, 2.75) is 26.4 Å². The van der Waals surface area contributed by atoms with Gasteiger partial charge in [0.05, 0.1) is 36.3 Å². The lowest BCUT2D eigenvalue weighted by molar-refractivity contribution is -0.129. The molecule has 2 atom stereocenters. The van der Waals surface area contributed by atoms with Gasteiger partial charge in [-0.25, -0.2) is 0 Å². The monoisotopic (exact) mass is 260 g/mol. The van der Waals surface area contributed by atoms with Crippen LogP contribution in [0.2, 0.25) is 0 Å². The summed E-state index contributed by atoms with van der Waals surface area (Å²) in [5, 5.41) is 2.81. The highest BCUT2D eigenvalue weighted by atomic mass is 32.1. The van der Waals surface area contributed by atoms with E-state index < -0.39 is 5.41 Å². The van der Waals surface area contributed by atoms with Crippen molar-refractivity contribution < 1.29 is 14.3 Å². The molecule has 3 N–H and O–H groups in total. The Morgan fingerprint density at radius 1 is 1.59 bits per heavy atom. The highest BCUT2D eigenvalue weighted by molar-refractivity contribution is 7.80. The molecular formula is C11H20N2O3S. The Hall–Kier alpha value is -0.720. The number of nitrogens with one attached hydrogen (secondary N) is 1. The van der Waals surface area contributed by atoms with Crippen LogP contribution < -0.4 is 11.1 Å². The second-order valence-corrected chi connectivity index (χ2v) is 4.77. The van der Waals surface area contributed by atoms with E-state index in [1.54, 1.807) is 6.92 Å². The van der Waals surface area contributed by atoms with Crippen LogP contribution in [0.15, 0.2) is 0 Å². The van der Waals surface area contributed by atoms with Gasteiger partial charge in [0.25, 0.3) is 0 Å². The number of amides is 1. The van der Waals surface area contributed by atoms with E-state index in [2.05, 4.69) is 5.32 Å². The Morgan fingerprint density at radius 3 is 2.76 bits per heavy atom. The summed E-state index contributed by atoms with van der Waals surface area (Å²) < 4.78 is 10.7. The van der Waals surface area contributed by atoms with Crippen LogP contribution in [0.5, 0.6) is 0 Å². The van der Waals surface area contributed by atoms with E-state index >= 15 is 0 Å². The predicted octanol–water partition coefficient (Wildman–Crippen LogP) is 0.220. The summed E-state index contributed by atoms with van der Waals surface area (Å²) in [6.07, 6.45) is 0.496. The van der Waals surface area contributed by atoms with Gasteiger partial charge in [-0.15, -0.1) is 0 Å². The maximum Gasteiger partial charge on any atom is 0.232 e. The molecule has 5 nitrogen and oxygen atoms in total. The minimum atomic E-state index is -0.787.